The number of aliphatic hydroxyl groups excluding tert-OH is 1. The van der Waals surface area contributed by atoms with Crippen LogP contribution in [-0.4, -0.2) is 34.0 Å². The lowest BCUT2D eigenvalue weighted by Gasteiger charge is -2.26. The molecule has 2 heterocycles. The Labute approximate surface area is 142 Å². The summed E-state index contributed by atoms with van der Waals surface area (Å²) in [5.41, 5.74) is 3.48. The predicted molar refractivity (Wildman–Crippen MR) is 89.4 cm³/mol. The minimum atomic E-state index is -0.621. The van der Waals surface area contributed by atoms with Crippen LogP contribution in [0, 0.1) is 13.8 Å². The Morgan fingerprint density at radius 3 is 2.62 bits per heavy atom. The highest BCUT2D eigenvalue weighted by Gasteiger charge is 2.36. The molecule has 24 heavy (non-hydrogen) atoms. The van der Waals surface area contributed by atoms with Gasteiger partial charge in [-0.05, 0) is 51.7 Å². The van der Waals surface area contributed by atoms with Crippen LogP contribution in [-0.2, 0) is 22.4 Å². The highest BCUT2D eigenvalue weighted by atomic mass is 16.5. The van der Waals surface area contributed by atoms with Gasteiger partial charge in [0.25, 0.3) is 0 Å². The highest BCUT2D eigenvalue weighted by molar-refractivity contribution is 5.71. The summed E-state index contributed by atoms with van der Waals surface area (Å²) in [6.45, 7) is 7.91. The molecular formula is C19H26O5. The van der Waals surface area contributed by atoms with E-state index in [-0.39, 0.29) is 24.1 Å². The number of aromatic hydroxyl groups is 1. The molecule has 5 nitrogen and oxygen atoms in total. The molecule has 132 valence electrons. The number of rotatable bonds is 3. The van der Waals surface area contributed by atoms with E-state index in [4.69, 9.17) is 9.47 Å². The molecule has 0 radical (unpaired) electrons. The first kappa shape index (κ1) is 17.1. The number of aliphatic hydroxyl groups is 1. The van der Waals surface area contributed by atoms with E-state index in [9.17, 15) is 15.0 Å². The maximum atomic E-state index is 11.5. The first-order valence-corrected chi connectivity index (χ1v) is 8.58. The number of carbonyl (C=O) groups excluding carboxylic acids is 1. The standard InChI is InChI=1S/C19H26O5/c1-10-14(6-5-13-7-12(20)8-16(21)23-13)18-15(11(2)17(10)22)9-19(3,4)24-18/h12-13,20,22H,5-9H2,1-4H3. The van der Waals surface area contributed by atoms with Crippen molar-refractivity contribution in [1.29, 1.82) is 0 Å². The molecule has 0 aliphatic carbocycles. The lowest BCUT2D eigenvalue weighted by Crippen LogP contribution is -2.32. The lowest BCUT2D eigenvalue weighted by molar-refractivity contribution is -0.160. The number of benzene rings is 1. The molecule has 1 saturated heterocycles. The molecule has 5 heteroatoms. The molecular weight excluding hydrogens is 308 g/mol. The van der Waals surface area contributed by atoms with Crippen LogP contribution in [0.4, 0.5) is 0 Å². The second-order valence-corrected chi connectivity index (χ2v) is 7.67. The topological polar surface area (TPSA) is 76.0 Å². The van der Waals surface area contributed by atoms with Gasteiger partial charge in [-0.3, -0.25) is 4.79 Å². The molecule has 2 aliphatic heterocycles. The monoisotopic (exact) mass is 334 g/mol. The molecule has 0 amide bonds. The van der Waals surface area contributed by atoms with E-state index in [0.717, 1.165) is 34.4 Å². The number of carbonyl (C=O) groups is 1. The number of hydrogen-bond acceptors (Lipinski definition) is 5. The number of phenolic OH excluding ortho intramolecular Hbond substituents is 1. The van der Waals surface area contributed by atoms with Crippen LogP contribution in [0.15, 0.2) is 0 Å². The Hall–Kier alpha value is -1.75. The fraction of sp³-hybridized carbons (Fsp3) is 0.632. The molecule has 2 unspecified atom stereocenters. The van der Waals surface area contributed by atoms with Gasteiger partial charge in [-0.1, -0.05) is 0 Å². The van der Waals surface area contributed by atoms with Crippen LogP contribution in [0.25, 0.3) is 0 Å². The summed E-state index contributed by atoms with van der Waals surface area (Å²) in [4.78, 5) is 11.5. The van der Waals surface area contributed by atoms with Gasteiger partial charge >= 0.3 is 5.97 Å². The van der Waals surface area contributed by atoms with E-state index < -0.39 is 6.10 Å². The summed E-state index contributed by atoms with van der Waals surface area (Å²) >= 11 is 0. The first-order chi connectivity index (χ1) is 11.2. The summed E-state index contributed by atoms with van der Waals surface area (Å²) in [6, 6.07) is 0. The molecule has 2 aliphatic rings. The summed E-state index contributed by atoms with van der Waals surface area (Å²) < 4.78 is 11.5. The van der Waals surface area contributed by atoms with Crippen LogP contribution in [0.1, 0.15) is 55.4 Å². The summed E-state index contributed by atoms with van der Waals surface area (Å²) in [7, 11) is 0. The van der Waals surface area contributed by atoms with Gasteiger partial charge in [-0.25, -0.2) is 0 Å². The number of phenols is 1. The van der Waals surface area contributed by atoms with E-state index in [1.807, 2.05) is 27.7 Å². The Balaban J connectivity index is 1.85. The van der Waals surface area contributed by atoms with Crippen LogP contribution >= 0.6 is 0 Å². The van der Waals surface area contributed by atoms with Crippen LogP contribution in [0.3, 0.4) is 0 Å². The van der Waals surface area contributed by atoms with Crippen LogP contribution < -0.4 is 4.74 Å². The third-order valence-corrected chi connectivity index (χ3v) is 5.10. The van der Waals surface area contributed by atoms with Crippen molar-refractivity contribution in [3.05, 3.63) is 22.3 Å². The number of esters is 1. The Morgan fingerprint density at radius 1 is 1.25 bits per heavy atom. The number of hydrogen-bond donors (Lipinski definition) is 2. The predicted octanol–water partition coefficient (Wildman–Crippen LogP) is 2.72. The average Bonchev–Trinajstić information content (AvgIpc) is 2.79. The Bertz CT molecular complexity index is 677. The van der Waals surface area contributed by atoms with E-state index in [2.05, 4.69) is 0 Å². The third-order valence-electron chi connectivity index (χ3n) is 5.10. The van der Waals surface area contributed by atoms with Gasteiger partial charge in [0.15, 0.2) is 0 Å². The van der Waals surface area contributed by atoms with Gasteiger partial charge in [0.1, 0.15) is 23.2 Å². The second-order valence-electron chi connectivity index (χ2n) is 7.67. The fourth-order valence-electron chi connectivity index (χ4n) is 3.81. The van der Waals surface area contributed by atoms with Gasteiger partial charge in [0, 0.05) is 24.0 Å². The first-order valence-electron chi connectivity index (χ1n) is 8.58. The zero-order valence-corrected chi connectivity index (χ0v) is 14.8. The summed E-state index contributed by atoms with van der Waals surface area (Å²) in [6.07, 6.45) is 1.67. The molecule has 0 spiro atoms. The summed E-state index contributed by atoms with van der Waals surface area (Å²) in [5, 5.41) is 20.2. The van der Waals surface area contributed by atoms with Crippen molar-refractivity contribution in [2.24, 2.45) is 0 Å². The Morgan fingerprint density at radius 2 is 1.96 bits per heavy atom. The zero-order chi connectivity index (χ0) is 17.6. The van der Waals surface area contributed by atoms with Gasteiger partial charge in [0.05, 0.1) is 12.5 Å². The SMILES string of the molecule is Cc1c(O)c(C)c2c(c1CCC1CC(O)CC(=O)O1)OC(C)(C)C2. The molecule has 3 rings (SSSR count). The van der Waals surface area contributed by atoms with Crippen molar-refractivity contribution in [2.45, 2.75) is 77.6 Å². The van der Waals surface area contributed by atoms with Crippen molar-refractivity contribution in [3.63, 3.8) is 0 Å². The van der Waals surface area contributed by atoms with Crippen LogP contribution in [0.2, 0.25) is 0 Å². The molecule has 1 fully saturated rings. The number of fused-ring (bicyclic) bond motifs is 1. The van der Waals surface area contributed by atoms with Crippen LogP contribution in [0.5, 0.6) is 11.5 Å². The van der Waals surface area contributed by atoms with Crippen molar-refractivity contribution in [1.82, 2.24) is 0 Å². The molecule has 2 N–H and O–H groups in total. The highest BCUT2D eigenvalue weighted by Crippen LogP contribution is 2.45. The van der Waals surface area contributed by atoms with Crippen molar-refractivity contribution < 1.29 is 24.5 Å². The van der Waals surface area contributed by atoms with Gasteiger partial charge in [-0.15, -0.1) is 0 Å². The largest absolute Gasteiger partial charge is 0.507 e. The molecule has 0 saturated carbocycles. The average molecular weight is 334 g/mol. The van der Waals surface area contributed by atoms with Crippen molar-refractivity contribution in [2.75, 3.05) is 0 Å². The lowest BCUT2D eigenvalue weighted by atomic mass is 9.90. The second kappa shape index (κ2) is 5.96. The van der Waals surface area contributed by atoms with E-state index in [0.29, 0.717) is 25.0 Å². The Kier molecular flexibility index (Phi) is 4.24. The zero-order valence-electron chi connectivity index (χ0n) is 14.8. The third kappa shape index (κ3) is 3.09. The van der Waals surface area contributed by atoms with E-state index >= 15 is 0 Å². The van der Waals surface area contributed by atoms with Gasteiger partial charge in [0.2, 0.25) is 0 Å². The molecule has 1 aromatic rings. The summed E-state index contributed by atoms with van der Waals surface area (Å²) in [5.74, 6) is 0.853. The van der Waals surface area contributed by atoms with Crippen molar-refractivity contribution in [3.8, 4) is 11.5 Å². The molecule has 0 bridgehead atoms. The molecule has 1 aromatic carbocycles. The minimum absolute atomic E-state index is 0.0769. The molecule has 2 atom stereocenters. The minimum Gasteiger partial charge on any atom is -0.507 e. The van der Waals surface area contributed by atoms with E-state index in [1.54, 1.807) is 0 Å². The molecule has 0 aromatic heterocycles. The number of ether oxygens (including phenoxy) is 2. The van der Waals surface area contributed by atoms with Gasteiger partial charge < -0.3 is 19.7 Å². The maximum absolute atomic E-state index is 11.5. The number of cyclic esters (lactones) is 1. The quantitative estimate of drug-likeness (QED) is 0.831. The fourth-order valence-corrected chi connectivity index (χ4v) is 3.81. The van der Waals surface area contributed by atoms with E-state index in [1.165, 1.54) is 0 Å². The smallest absolute Gasteiger partial charge is 0.308 e. The maximum Gasteiger partial charge on any atom is 0.308 e. The van der Waals surface area contributed by atoms with Crippen molar-refractivity contribution >= 4 is 5.97 Å². The normalized spacial score (nSPS) is 25.1. The van der Waals surface area contributed by atoms with Gasteiger partial charge in [-0.2, -0.15) is 0 Å².